The highest BCUT2D eigenvalue weighted by molar-refractivity contribution is 7.89. The Morgan fingerprint density at radius 2 is 2.10 bits per heavy atom. The lowest BCUT2D eigenvalue weighted by Gasteiger charge is -2.09. The molecule has 21 heavy (non-hydrogen) atoms. The number of nitrogen functional groups attached to an aromatic ring is 1. The molecule has 0 aliphatic carbocycles. The molecule has 9 heteroatoms. The molecule has 0 unspecified atom stereocenters. The average Bonchev–Trinajstić information content (AvgIpc) is 2.79. The second-order valence-corrected chi connectivity index (χ2v) is 6.26. The predicted molar refractivity (Wildman–Crippen MR) is 73.5 cm³/mol. The predicted octanol–water partition coefficient (Wildman–Crippen LogP) is 0.929. The molecule has 114 valence electrons. The number of nitrogens with one attached hydrogen (secondary N) is 1. The molecular formula is C12H15FN4O3S. The Morgan fingerprint density at radius 1 is 1.38 bits per heavy atom. The Kier molecular flexibility index (Phi) is 4.24. The van der Waals surface area contributed by atoms with Gasteiger partial charge in [0.05, 0.1) is 0 Å². The van der Waals surface area contributed by atoms with E-state index in [4.69, 9.17) is 10.3 Å². The summed E-state index contributed by atoms with van der Waals surface area (Å²) >= 11 is 0. The maximum Gasteiger partial charge on any atom is 0.243 e. The highest BCUT2D eigenvalue weighted by Gasteiger charge is 2.20. The summed E-state index contributed by atoms with van der Waals surface area (Å²) in [5, 5.41) is 3.59. The Hall–Kier alpha value is -2.00. The topological polar surface area (TPSA) is 111 Å². The van der Waals surface area contributed by atoms with Crippen molar-refractivity contribution in [2.45, 2.75) is 25.2 Å². The van der Waals surface area contributed by atoms with Crippen molar-refractivity contribution in [1.82, 2.24) is 14.9 Å². The van der Waals surface area contributed by atoms with Crippen LogP contribution in [0.15, 0.2) is 21.6 Å². The Morgan fingerprint density at radius 3 is 2.71 bits per heavy atom. The standard InChI is InChI=1S/C12H15FN4O3S/c1-7-5-9(13)11(6-10(7)14)21(18,19)15-4-3-12-16-8(2)17-20-12/h5-6,15H,3-4,14H2,1-2H3. The van der Waals surface area contributed by atoms with Crippen molar-refractivity contribution in [3.8, 4) is 0 Å². The number of nitrogens with zero attached hydrogens (tertiary/aromatic N) is 2. The summed E-state index contributed by atoms with van der Waals surface area (Å²) in [5.74, 6) is -0.0767. The Balaban J connectivity index is 2.10. The van der Waals surface area contributed by atoms with E-state index in [0.29, 0.717) is 17.3 Å². The van der Waals surface area contributed by atoms with Gasteiger partial charge in [-0.3, -0.25) is 0 Å². The molecule has 0 amide bonds. The Labute approximate surface area is 121 Å². The van der Waals surface area contributed by atoms with Gasteiger partial charge in [0.2, 0.25) is 15.9 Å². The van der Waals surface area contributed by atoms with Gasteiger partial charge in [-0.25, -0.2) is 17.5 Å². The molecule has 1 aromatic heterocycles. The van der Waals surface area contributed by atoms with Crippen molar-refractivity contribution in [3.63, 3.8) is 0 Å². The number of hydrogen-bond acceptors (Lipinski definition) is 6. The molecule has 0 aliphatic rings. The minimum atomic E-state index is -3.99. The minimum Gasteiger partial charge on any atom is -0.398 e. The van der Waals surface area contributed by atoms with Crippen LogP contribution in [0.5, 0.6) is 0 Å². The van der Waals surface area contributed by atoms with Gasteiger partial charge in [0.1, 0.15) is 10.7 Å². The summed E-state index contributed by atoms with van der Waals surface area (Å²) in [6, 6.07) is 2.19. The molecule has 0 fully saturated rings. The van der Waals surface area contributed by atoms with Crippen molar-refractivity contribution in [2.75, 3.05) is 12.3 Å². The van der Waals surface area contributed by atoms with Crippen LogP contribution in [0.4, 0.5) is 10.1 Å². The summed E-state index contributed by atoms with van der Waals surface area (Å²) in [6.07, 6.45) is 0.211. The number of halogens is 1. The van der Waals surface area contributed by atoms with Crippen LogP contribution in [0.25, 0.3) is 0 Å². The molecule has 0 radical (unpaired) electrons. The zero-order chi connectivity index (χ0) is 15.6. The summed E-state index contributed by atoms with van der Waals surface area (Å²) in [6.45, 7) is 3.26. The average molecular weight is 314 g/mol. The number of aromatic nitrogens is 2. The molecule has 0 aliphatic heterocycles. The summed E-state index contributed by atoms with van der Waals surface area (Å²) in [7, 11) is -3.99. The van der Waals surface area contributed by atoms with Gasteiger partial charge in [-0.15, -0.1) is 0 Å². The first-order valence-corrected chi connectivity index (χ1v) is 7.62. The lowest BCUT2D eigenvalue weighted by Crippen LogP contribution is -2.27. The summed E-state index contributed by atoms with van der Waals surface area (Å²) < 4.78 is 45.0. The molecule has 3 N–H and O–H groups in total. The largest absolute Gasteiger partial charge is 0.398 e. The van der Waals surface area contributed by atoms with Crippen molar-refractivity contribution in [2.24, 2.45) is 0 Å². The number of nitrogens with two attached hydrogens (primary N) is 1. The number of hydrogen-bond donors (Lipinski definition) is 2. The zero-order valence-corrected chi connectivity index (χ0v) is 12.4. The molecule has 7 nitrogen and oxygen atoms in total. The lowest BCUT2D eigenvalue weighted by atomic mass is 10.2. The summed E-state index contributed by atoms with van der Waals surface area (Å²) in [5.41, 5.74) is 6.31. The van der Waals surface area contributed by atoms with E-state index in [9.17, 15) is 12.8 Å². The SMILES string of the molecule is Cc1noc(CCNS(=O)(=O)c2cc(N)c(C)cc2F)n1. The fourth-order valence-electron chi connectivity index (χ4n) is 1.69. The zero-order valence-electron chi connectivity index (χ0n) is 11.6. The van der Waals surface area contributed by atoms with E-state index < -0.39 is 20.7 Å². The van der Waals surface area contributed by atoms with Crippen LogP contribution >= 0.6 is 0 Å². The molecule has 2 rings (SSSR count). The van der Waals surface area contributed by atoms with Gasteiger partial charge in [0.15, 0.2) is 5.82 Å². The fourth-order valence-corrected chi connectivity index (χ4v) is 2.81. The maximum atomic E-state index is 13.8. The highest BCUT2D eigenvalue weighted by atomic mass is 32.2. The van der Waals surface area contributed by atoms with Gasteiger partial charge in [-0.05, 0) is 31.5 Å². The van der Waals surface area contributed by atoms with Crippen LogP contribution in [-0.4, -0.2) is 25.1 Å². The normalized spacial score (nSPS) is 11.8. The number of anilines is 1. The van der Waals surface area contributed by atoms with E-state index in [1.54, 1.807) is 13.8 Å². The molecule has 0 spiro atoms. The number of benzene rings is 1. The van der Waals surface area contributed by atoms with E-state index in [1.165, 1.54) is 0 Å². The number of aryl methyl sites for hydroxylation is 2. The maximum absolute atomic E-state index is 13.8. The minimum absolute atomic E-state index is 0.0111. The molecule has 1 heterocycles. The molecule has 0 bridgehead atoms. The van der Waals surface area contributed by atoms with Crippen LogP contribution in [0.3, 0.4) is 0 Å². The third kappa shape index (κ3) is 3.56. The van der Waals surface area contributed by atoms with Crippen LogP contribution in [0, 0.1) is 19.7 Å². The molecule has 2 aromatic rings. The quantitative estimate of drug-likeness (QED) is 0.794. The Bertz CT molecular complexity index is 758. The molecule has 1 aromatic carbocycles. The van der Waals surface area contributed by atoms with Gasteiger partial charge in [-0.2, -0.15) is 4.98 Å². The molecular weight excluding hydrogens is 299 g/mol. The van der Waals surface area contributed by atoms with Gasteiger partial charge >= 0.3 is 0 Å². The molecule has 0 atom stereocenters. The first-order valence-electron chi connectivity index (χ1n) is 6.14. The highest BCUT2D eigenvalue weighted by Crippen LogP contribution is 2.21. The first kappa shape index (κ1) is 15.4. The smallest absolute Gasteiger partial charge is 0.243 e. The fraction of sp³-hybridized carbons (Fsp3) is 0.333. The molecule has 0 saturated heterocycles. The third-order valence-corrected chi connectivity index (χ3v) is 4.29. The monoisotopic (exact) mass is 314 g/mol. The van der Waals surface area contributed by atoms with Crippen LogP contribution in [0.1, 0.15) is 17.3 Å². The second-order valence-electron chi connectivity index (χ2n) is 4.52. The van der Waals surface area contributed by atoms with Gasteiger partial charge in [-0.1, -0.05) is 5.16 Å². The first-order chi connectivity index (χ1) is 9.79. The van der Waals surface area contributed by atoms with Crippen molar-refractivity contribution in [3.05, 3.63) is 35.2 Å². The van der Waals surface area contributed by atoms with Crippen LogP contribution < -0.4 is 10.5 Å². The lowest BCUT2D eigenvalue weighted by molar-refractivity contribution is 0.375. The van der Waals surface area contributed by atoms with Crippen LogP contribution in [-0.2, 0) is 16.4 Å². The van der Waals surface area contributed by atoms with E-state index in [1.807, 2.05) is 0 Å². The number of rotatable bonds is 5. The van der Waals surface area contributed by atoms with E-state index in [0.717, 1.165) is 12.1 Å². The van der Waals surface area contributed by atoms with Crippen LogP contribution in [0.2, 0.25) is 0 Å². The van der Waals surface area contributed by atoms with Gasteiger partial charge in [0, 0.05) is 18.7 Å². The third-order valence-electron chi connectivity index (χ3n) is 2.81. The van der Waals surface area contributed by atoms with Crippen molar-refractivity contribution < 1.29 is 17.3 Å². The molecule has 0 saturated carbocycles. The van der Waals surface area contributed by atoms with Gasteiger partial charge in [0.25, 0.3) is 0 Å². The van der Waals surface area contributed by atoms with E-state index in [-0.39, 0.29) is 18.7 Å². The van der Waals surface area contributed by atoms with E-state index in [2.05, 4.69) is 14.9 Å². The second kappa shape index (κ2) is 5.78. The van der Waals surface area contributed by atoms with Crippen molar-refractivity contribution >= 4 is 15.7 Å². The van der Waals surface area contributed by atoms with E-state index >= 15 is 0 Å². The number of sulfonamides is 1. The van der Waals surface area contributed by atoms with Crippen molar-refractivity contribution in [1.29, 1.82) is 0 Å². The summed E-state index contributed by atoms with van der Waals surface area (Å²) in [4.78, 5) is 3.46. The van der Waals surface area contributed by atoms with Gasteiger partial charge < -0.3 is 10.3 Å².